The average Bonchev–Trinajstić information content (AvgIpc) is 3.13. The zero-order chi connectivity index (χ0) is 25.5. The van der Waals surface area contributed by atoms with Crippen LogP contribution < -0.4 is 15.4 Å². The van der Waals surface area contributed by atoms with Crippen LogP contribution in [0.3, 0.4) is 0 Å². The minimum atomic E-state index is -0.580. The molecule has 1 fully saturated rings. The highest BCUT2D eigenvalue weighted by Crippen LogP contribution is 2.34. The smallest absolute Gasteiger partial charge is 0.294 e. The van der Waals surface area contributed by atoms with Crippen molar-refractivity contribution in [1.29, 1.82) is 0 Å². The molecule has 0 unspecified atom stereocenters. The number of halogens is 1. The highest BCUT2D eigenvalue weighted by Gasteiger charge is 2.36. The van der Waals surface area contributed by atoms with Crippen LogP contribution >= 0.6 is 27.7 Å². The highest BCUT2D eigenvalue weighted by atomic mass is 79.9. The van der Waals surface area contributed by atoms with Gasteiger partial charge in [-0.2, -0.15) is 0 Å². The normalized spacial score (nSPS) is 14.1. The van der Waals surface area contributed by atoms with E-state index in [1.54, 1.807) is 60.7 Å². The molecule has 10 heteroatoms. The van der Waals surface area contributed by atoms with Gasteiger partial charge >= 0.3 is 0 Å². The molecule has 1 heterocycles. The van der Waals surface area contributed by atoms with Crippen molar-refractivity contribution in [2.75, 3.05) is 23.8 Å². The molecule has 4 amide bonds. The number of carbonyl (C=O) groups excluding carboxylic acids is 4. The Labute approximate surface area is 219 Å². The Kier molecular flexibility index (Phi) is 8.19. The third-order valence-electron chi connectivity index (χ3n) is 4.95. The standard InChI is InChI=1S/C26H20BrN3O5S/c27-19-11-5-6-12-20(19)29-23(31)15-30-25(33)22(36-26(30)34)14-17-8-4-7-13-21(17)35-16-24(32)28-18-9-2-1-3-10-18/h1-14H,15-16H2,(H,28,32)(H,29,31)/b22-14+. The van der Waals surface area contributed by atoms with E-state index >= 15 is 0 Å². The number of thioether (sulfide) groups is 1. The molecular formula is C26H20BrN3O5S. The van der Waals surface area contributed by atoms with Crippen molar-refractivity contribution in [3.05, 3.63) is 93.8 Å². The molecule has 0 aromatic heterocycles. The largest absolute Gasteiger partial charge is 0.483 e. The number of para-hydroxylation sites is 3. The van der Waals surface area contributed by atoms with Crippen molar-refractivity contribution in [2.24, 2.45) is 0 Å². The second-order valence-electron chi connectivity index (χ2n) is 7.54. The Hall–Kier alpha value is -3.89. The Morgan fingerprint density at radius 2 is 1.58 bits per heavy atom. The van der Waals surface area contributed by atoms with Crippen molar-refractivity contribution >= 4 is 68.1 Å². The molecule has 0 bridgehead atoms. The predicted molar refractivity (Wildman–Crippen MR) is 142 cm³/mol. The van der Waals surface area contributed by atoms with E-state index < -0.39 is 23.6 Å². The maximum Gasteiger partial charge on any atom is 0.294 e. The number of hydrogen-bond acceptors (Lipinski definition) is 6. The summed E-state index contributed by atoms with van der Waals surface area (Å²) in [5.74, 6) is -1.05. The van der Waals surface area contributed by atoms with Crippen LogP contribution in [0.2, 0.25) is 0 Å². The fraction of sp³-hybridized carbons (Fsp3) is 0.0769. The summed E-state index contributed by atoms with van der Waals surface area (Å²) < 4.78 is 6.35. The van der Waals surface area contributed by atoms with Gasteiger partial charge in [-0.3, -0.25) is 24.1 Å². The Bertz CT molecular complexity index is 1350. The molecule has 8 nitrogen and oxygen atoms in total. The van der Waals surface area contributed by atoms with Gasteiger partial charge in [-0.15, -0.1) is 0 Å². The van der Waals surface area contributed by atoms with Crippen molar-refractivity contribution in [1.82, 2.24) is 4.90 Å². The van der Waals surface area contributed by atoms with E-state index in [-0.39, 0.29) is 17.4 Å². The molecule has 1 aliphatic heterocycles. The van der Waals surface area contributed by atoms with E-state index in [2.05, 4.69) is 26.6 Å². The quantitative estimate of drug-likeness (QED) is 0.366. The van der Waals surface area contributed by atoms with E-state index in [1.807, 2.05) is 18.2 Å². The van der Waals surface area contributed by atoms with E-state index in [9.17, 15) is 19.2 Å². The lowest BCUT2D eigenvalue weighted by Crippen LogP contribution is -2.36. The van der Waals surface area contributed by atoms with Crippen molar-refractivity contribution in [2.45, 2.75) is 0 Å². The zero-order valence-electron chi connectivity index (χ0n) is 18.8. The van der Waals surface area contributed by atoms with Crippen LogP contribution in [0, 0.1) is 0 Å². The fourth-order valence-corrected chi connectivity index (χ4v) is 4.48. The minimum absolute atomic E-state index is 0.151. The summed E-state index contributed by atoms with van der Waals surface area (Å²) in [4.78, 5) is 51.1. The zero-order valence-corrected chi connectivity index (χ0v) is 21.2. The first-order valence-electron chi connectivity index (χ1n) is 10.8. The Morgan fingerprint density at radius 1 is 0.889 bits per heavy atom. The third kappa shape index (κ3) is 6.41. The lowest BCUT2D eigenvalue weighted by atomic mass is 10.2. The molecule has 0 saturated carbocycles. The first-order valence-corrected chi connectivity index (χ1v) is 12.4. The molecular weight excluding hydrogens is 546 g/mol. The van der Waals surface area contributed by atoms with Gasteiger partial charge in [0.2, 0.25) is 5.91 Å². The third-order valence-corrected chi connectivity index (χ3v) is 6.54. The molecule has 182 valence electrons. The van der Waals surface area contributed by atoms with Crippen LogP contribution in [0.1, 0.15) is 5.56 Å². The van der Waals surface area contributed by atoms with E-state index in [4.69, 9.17) is 4.74 Å². The summed E-state index contributed by atoms with van der Waals surface area (Å²) >= 11 is 4.08. The second kappa shape index (κ2) is 11.7. The summed E-state index contributed by atoms with van der Waals surface area (Å²) in [7, 11) is 0. The van der Waals surface area contributed by atoms with Gasteiger partial charge in [0.05, 0.1) is 10.6 Å². The van der Waals surface area contributed by atoms with Crippen LogP contribution in [0.15, 0.2) is 88.2 Å². The molecule has 0 atom stereocenters. The number of nitrogens with zero attached hydrogens (tertiary/aromatic N) is 1. The molecule has 3 aromatic carbocycles. The molecule has 1 aliphatic rings. The number of anilines is 2. The van der Waals surface area contributed by atoms with Crippen LogP contribution in [-0.4, -0.2) is 41.0 Å². The van der Waals surface area contributed by atoms with Gasteiger partial charge in [-0.25, -0.2) is 0 Å². The van der Waals surface area contributed by atoms with Crippen molar-refractivity contribution < 1.29 is 23.9 Å². The molecule has 0 radical (unpaired) electrons. The molecule has 36 heavy (non-hydrogen) atoms. The topological polar surface area (TPSA) is 105 Å². The SMILES string of the molecule is O=C(COc1ccccc1/C=C1/SC(=O)N(CC(=O)Nc2ccccc2Br)C1=O)Nc1ccccc1. The summed E-state index contributed by atoms with van der Waals surface area (Å²) in [6.07, 6.45) is 1.51. The Balaban J connectivity index is 1.41. The summed E-state index contributed by atoms with van der Waals surface area (Å²) in [5.41, 5.74) is 1.71. The highest BCUT2D eigenvalue weighted by molar-refractivity contribution is 9.10. The second-order valence-corrected chi connectivity index (χ2v) is 9.38. The van der Waals surface area contributed by atoms with Crippen LogP contribution in [-0.2, 0) is 14.4 Å². The lowest BCUT2D eigenvalue weighted by Gasteiger charge is -2.13. The number of benzene rings is 3. The average molecular weight is 566 g/mol. The van der Waals surface area contributed by atoms with Gasteiger partial charge in [0.15, 0.2) is 6.61 Å². The minimum Gasteiger partial charge on any atom is -0.483 e. The molecule has 0 spiro atoms. The van der Waals surface area contributed by atoms with Gasteiger partial charge in [0.25, 0.3) is 17.1 Å². The number of rotatable bonds is 8. The molecule has 1 saturated heterocycles. The predicted octanol–water partition coefficient (Wildman–Crippen LogP) is 5.14. The number of amides is 4. The van der Waals surface area contributed by atoms with Crippen molar-refractivity contribution in [3.8, 4) is 5.75 Å². The number of hydrogen-bond donors (Lipinski definition) is 2. The van der Waals surface area contributed by atoms with E-state index in [1.165, 1.54) is 6.08 Å². The molecule has 2 N–H and O–H groups in total. The van der Waals surface area contributed by atoms with Gasteiger partial charge in [0, 0.05) is 15.7 Å². The lowest BCUT2D eigenvalue weighted by molar-refractivity contribution is -0.127. The summed E-state index contributed by atoms with van der Waals surface area (Å²) in [6.45, 7) is -0.655. The fourth-order valence-electron chi connectivity index (χ4n) is 3.27. The van der Waals surface area contributed by atoms with Crippen molar-refractivity contribution in [3.63, 3.8) is 0 Å². The molecule has 3 aromatic rings. The number of carbonyl (C=O) groups is 4. The van der Waals surface area contributed by atoms with Gasteiger partial charge < -0.3 is 15.4 Å². The first kappa shape index (κ1) is 25.2. The monoisotopic (exact) mass is 565 g/mol. The van der Waals surface area contributed by atoms with Gasteiger partial charge in [-0.1, -0.05) is 48.5 Å². The molecule has 4 rings (SSSR count). The van der Waals surface area contributed by atoms with Crippen LogP contribution in [0.4, 0.5) is 16.2 Å². The summed E-state index contributed by atoms with van der Waals surface area (Å²) in [5, 5.41) is 4.86. The number of imide groups is 1. The number of nitrogens with one attached hydrogen (secondary N) is 2. The maximum atomic E-state index is 12.9. The van der Waals surface area contributed by atoms with Gasteiger partial charge in [-0.05, 0) is 64.1 Å². The first-order chi connectivity index (χ1) is 17.4. The van der Waals surface area contributed by atoms with E-state index in [0.717, 1.165) is 16.7 Å². The van der Waals surface area contributed by atoms with Crippen LogP contribution in [0.25, 0.3) is 6.08 Å². The Morgan fingerprint density at radius 3 is 2.36 bits per heavy atom. The van der Waals surface area contributed by atoms with E-state index in [0.29, 0.717) is 27.2 Å². The van der Waals surface area contributed by atoms with Crippen LogP contribution in [0.5, 0.6) is 5.75 Å². The van der Waals surface area contributed by atoms with Gasteiger partial charge in [0.1, 0.15) is 12.3 Å². The maximum absolute atomic E-state index is 12.9. The number of ether oxygens (including phenoxy) is 1. The summed E-state index contributed by atoms with van der Waals surface area (Å²) in [6, 6.07) is 22.9. The molecule has 0 aliphatic carbocycles.